The summed E-state index contributed by atoms with van der Waals surface area (Å²) < 4.78 is 22.8. The van der Waals surface area contributed by atoms with Crippen molar-refractivity contribution in [1.29, 1.82) is 0 Å². The molecule has 0 radical (unpaired) electrons. The van der Waals surface area contributed by atoms with Crippen molar-refractivity contribution in [3.63, 3.8) is 0 Å². The zero-order valence-corrected chi connectivity index (χ0v) is 45.8. The minimum atomic E-state index is -1.52. The summed E-state index contributed by atoms with van der Waals surface area (Å²) in [5, 5.41) is 9.67. The van der Waals surface area contributed by atoms with Crippen LogP contribution >= 0.6 is 0 Å². The molecule has 2 unspecified atom stereocenters. The molecule has 0 aromatic carbocycles. The second kappa shape index (κ2) is 52.3. The molecule has 0 saturated carbocycles. The number of unbranched alkanes of at least 4 members (excludes halogenated alkanes) is 17. The summed E-state index contributed by atoms with van der Waals surface area (Å²) in [6.07, 6.45) is 68.9. The Labute approximate surface area is 434 Å². The number of carboxylic acid groups (broad SMARTS) is 1. The van der Waals surface area contributed by atoms with Crippen molar-refractivity contribution in [2.75, 3.05) is 47.5 Å². The van der Waals surface area contributed by atoms with Crippen molar-refractivity contribution in [3.8, 4) is 0 Å². The molecule has 0 aromatic heterocycles. The number of allylic oxidation sites excluding steroid dienone is 18. The molecular formula is C62H104NO8+. The molecule has 0 spiro atoms. The van der Waals surface area contributed by atoms with Crippen LogP contribution in [0.3, 0.4) is 0 Å². The third-order valence-corrected chi connectivity index (χ3v) is 11.5. The highest BCUT2D eigenvalue weighted by molar-refractivity contribution is 5.71. The summed E-state index contributed by atoms with van der Waals surface area (Å²) in [4.78, 5) is 37.2. The highest BCUT2D eigenvalue weighted by atomic mass is 16.7. The summed E-state index contributed by atoms with van der Waals surface area (Å²) in [5.41, 5.74) is 0. The van der Waals surface area contributed by atoms with Gasteiger partial charge in [0.25, 0.3) is 6.29 Å². The molecule has 0 amide bonds. The lowest BCUT2D eigenvalue weighted by atomic mass is 10.0. The third-order valence-electron chi connectivity index (χ3n) is 11.5. The fraction of sp³-hybridized carbons (Fsp3) is 0.661. The van der Waals surface area contributed by atoms with Crippen molar-refractivity contribution in [2.45, 2.75) is 219 Å². The molecule has 0 bridgehead atoms. The number of aliphatic carboxylic acids is 1. The Hall–Kier alpha value is -4.05. The van der Waals surface area contributed by atoms with Crippen LogP contribution in [-0.2, 0) is 33.3 Å². The predicted octanol–water partition coefficient (Wildman–Crippen LogP) is 16.3. The summed E-state index contributed by atoms with van der Waals surface area (Å²) in [7, 11) is 5.95. The smallest absolute Gasteiger partial charge is 0.361 e. The summed E-state index contributed by atoms with van der Waals surface area (Å²) in [6, 6.07) is 0. The molecule has 9 nitrogen and oxygen atoms in total. The Kier molecular flexibility index (Phi) is 49.3. The molecule has 0 aliphatic rings. The second-order valence-corrected chi connectivity index (χ2v) is 19.5. The number of carbonyl (C=O) groups excluding carboxylic acids is 2. The van der Waals surface area contributed by atoms with Gasteiger partial charge >= 0.3 is 17.9 Å². The van der Waals surface area contributed by atoms with Gasteiger partial charge in [-0.2, -0.15) is 0 Å². The van der Waals surface area contributed by atoms with Gasteiger partial charge in [0.2, 0.25) is 0 Å². The molecule has 404 valence electrons. The molecule has 0 saturated heterocycles. The first-order valence-corrected chi connectivity index (χ1v) is 28.1. The molecule has 0 heterocycles. The van der Waals surface area contributed by atoms with Gasteiger partial charge in [0.15, 0.2) is 6.10 Å². The maximum absolute atomic E-state index is 12.8. The van der Waals surface area contributed by atoms with E-state index in [-0.39, 0.29) is 38.6 Å². The first kappa shape index (κ1) is 67.0. The van der Waals surface area contributed by atoms with Crippen LogP contribution in [0.1, 0.15) is 206 Å². The van der Waals surface area contributed by atoms with Crippen molar-refractivity contribution < 1.29 is 42.9 Å². The van der Waals surface area contributed by atoms with Crippen molar-refractivity contribution >= 4 is 17.9 Å². The van der Waals surface area contributed by atoms with Crippen LogP contribution in [-0.4, -0.2) is 87.4 Å². The minimum Gasteiger partial charge on any atom is -0.477 e. The zero-order chi connectivity index (χ0) is 52.0. The Morgan fingerprint density at radius 1 is 0.437 bits per heavy atom. The van der Waals surface area contributed by atoms with Gasteiger partial charge in [0.1, 0.15) is 13.2 Å². The number of carboxylic acids is 1. The van der Waals surface area contributed by atoms with Gasteiger partial charge in [-0.05, 0) is 96.3 Å². The minimum absolute atomic E-state index is 0.181. The van der Waals surface area contributed by atoms with Crippen LogP contribution in [0.15, 0.2) is 109 Å². The molecule has 0 aliphatic heterocycles. The maximum atomic E-state index is 12.8. The van der Waals surface area contributed by atoms with E-state index < -0.39 is 24.3 Å². The number of hydrogen-bond acceptors (Lipinski definition) is 7. The van der Waals surface area contributed by atoms with Crippen LogP contribution in [0.5, 0.6) is 0 Å². The number of quaternary nitrogens is 1. The molecule has 1 N–H and O–H groups in total. The van der Waals surface area contributed by atoms with Gasteiger partial charge in [0, 0.05) is 12.8 Å². The fourth-order valence-electron chi connectivity index (χ4n) is 7.18. The Morgan fingerprint density at radius 3 is 1.21 bits per heavy atom. The lowest BCUT2D eigenvalue weighted by Crippen LogP contribution is -2.40. The monoisotopic (exact) mass is 991 g/mol. The van der Waals surface area contributed by atoms with Crippen LogP contribution in [0.4, 0.5) is 0 Å². The number of hydrogen-bond donors (Lipinski definition) is 1. The Morgan fingerprint density at radius 2 is 0.803 bits per heavy atom. The van der Waals surface area contributed by atoms with Gasteiger partial charge < -0.3 is 28.5 Å². The normalized spacial score (nSPS) is 13.6. The van der Waals surface area contributed by atoms with Crippen molar-refractivity contribution in [2.24, 2.45) is 0 Å². The molecule has 0 aliphatic carbocycles. The van der Waals surface area contributed by atoms with E-state index in [9.17, 15) is 19.5 Å². The number of rotatable bonds is 50. The lowest BCUT2D eigenvalue weighted by molar-refractivity contribution is -0.870. The van der Waals surface area contributed by atoms with E-state index in [1.165, 1.54) is 51.4 Å². The zero-order valence-electron chi connectivity index (χ0n) is 45.8. The average Bonchev–Trinajstić information content (AvgIpc) is 3.34. The first-order valence-electron chi connectivity index (χ1n) is 28.1. The average molecular weight is 992 g/mol. The van der Waals surface area contributed by atoms with Gasteiger partial charge in [-0.25, -0.2) is 4.79 Å². The number of nitrogens with zero attached hydrogens (tertiary/aromatic N) is 1. The van der Waals surface area contributed by atoms with Gasteiger partial charge in [-0.15, -0.1) is 0 Å². The standard InChI is InChI=1S/C62H103NO8/c1-6-8-10-12-14-16-18-19-20-21-22-23-24-25-26-27-28-29-30-31-32-33-34-35-36-37-38-39-40-41-43-45-47-49-51-53-60(65)71-58(57-70-62(61(66)67)68-55-54-63(3,4)5)56-69-59(64)52-50-48-46-44-42-17-15-13-11-9-7-2/h8,10,13-16,19-20,22-23,25-26,28-29,31-32,34-35,58,62H,6-7,9,11-12,17-18,21,24,27,30,33,36-57H2,1-5H3/p+1/b10-8-,15-13-,16-14-,20-19-,23-22-,26-25-,29-28-,32-31-,35-34-. The number of likely N-dealkylation sites (N-methyl/N-ethyl adjacent to an activating group) is 1. The third kappa shape index (κ3) is 53.6. The van der Waals surface area contributed by atoms with Crippen LogP contribution in [0.25, 0.3) is 0 Å². The quantitative estimate of drug-likeness (QED) is 0.0211. The van der Waals surface area contributed by atoms with E-state index in [0.717, 1.165) is 122 Å². The number of carbonyl (C=O) groups is 3. The SMILES string of the molecule is CC/C=C\C/C=C\C/C=C\C/C=C\C/C=C\C/C=C\C/C=C\C/C=C\CCCCCCCCCCCCC(=O)OC(COC(=O)CCCCCCC/C=C\CCCC)COC(OCC[N+](C)(C)C)C(=O)O. The maximum Gasteiger partial charge on any atom is 0.361 e. The summed E-state index contributed by atoms with van der Waals surface area (Å²) >= 11 is 0. The van der Waals surface area contributed by atoms with Crippen LogP contribution in [0.2, 0.25) is 0 Å². The molecule has 71 heavy (non-hydrogen) atoms. The topological polar surface area (TPSA) is 108 Å². The first-order chi connectivity index (χ1) is 34.6. The fourth-order valence-corrected chi connectivity index (χ4v) is 7.18. The second-order valence-electron chi connectivity index (χ2n) is 19.5. The van der Waals surface area contributed by atoms with E-state index in [4.69, 9.17) is 18.9 Å². The lowest BCUT2D eigenvalue weighted by Gasteiger charge is -2.25. The Balaban J connectivity index is 4.17. The van der Waals surface area contributed by atoms with E-state index in [1.807, 2.05) is 21.1 Å². The highest BCUT2D eigenvalue weighted by Crippen LogP contribution is 2.14. The molecule has 0 fully saturated rings. The van der Waals surface area contributed by atoms with E-state index in [2.05, 4.69) is 123 Å². The molecule has 0 aromatic rings. The highest BCUT2D eigenvalue weighted by Gasteiger charge is 2.25. The number of esters is 2. The predicted molar refractivity (Wildman–Crippen MR) is 299 cm³/mol. The molecule has 2 atom stereocenters. The molecular weight excluding hydrogens is 887 g/mol. The van der Waals surface area contributed by atoms with Crippen LogP contribution in [0, 0.1) is 0 Å². The van der Waals surface area contributed by atoms with E-state index in [0.29, 0.717) is 17.4 Å². The molecule has 9 heteroatoms. The largest absolute Gasteiger partial charge is 0.477 e. The van der Waals surface area contributed by atoms with Gasteiger partial charge in [-0.3, -0.25) is 9.59 Å². The van der Waals surface area contributed by atoms with Crippen molar-refractivity contribution in [1.82, 2.24) is 0 Å². The molecule has 0 rings (SSSR count). The summed E-state index contributed by atoms with van der Waals surface area (Å²) in [6.45, 7) is 4.69. The summed E-state index contributed by atoms with van der Waals surface area (Å²) in [5.74, 6) is -2.04. The van der Waals surface area contributed by atoms with Crippen LogP contribution < -0.4 is 0 Å². The number of ether oxygens (including phenoxy) is 4. The van der Waals surface area contributed by atoms with Crippen molar-refractivity contribution in [3.05, 3.63) is 109 Å². The van der Waals surface area contributed by atoms with Gasteiger partial charge in [0.05, 0.1) is 34.4 Å². The Bertz CT molecular complexity index is 1530. The van der Waals surface area contributed by atoms with Gasteiger partial charge in [-0.1, -0.05) is 207 Å². The van der Waals surface area contributed by atoms with E-state index >= 15 is 0 Å². The van der Waals surface area contributed by atoms with E-state index in [1.54, 1.807) is 0 Å².